The molecule has 3 nitrogen and oxygen atoms in total. The second kappa shape index (κ2) is 3.44. The van der Waals surface area contributed by atoms with Crippen LogP contribution >= 0.6 is 0 Å². The van der Waals surface area contributed by atoms with Crippen molar-refractivity contribution in [2.24, 2.45) is 0 Å². The van der Waals surface area contributed by atoms with Crippen molar-refractivity contribution >= 4 is 15.7 Å². The molecule has 2 atom stereocenters. The Balaban J connectivity index is 2.51. The summed E-state index contributed by atoms with van der Waals surface area (Å²) in [5.41, 5.74) is -0.0618. The molecule has 0 radical (unpaired) electrons. The molecule has 1 saturated heterocycles. The van der Waals surface area contributed by atoms with Crippen LogP contribution in [0.1, 0.15) is 27.2 Å². The maximum absolute atomic E-state index is 5.59. The first-order valence-corrected chi connectivity index (χ1v) is 6.03. The summed E-state index contributed by atoms with van der Waals surface area (Å²) in [6, 6.07) is 0. The zero-order valence-electron chi connectivity index (χ0n) is 7.46. The van der Waals surface area contributed by atoms with Gasteiger partial charge in [-0.3, -0.25) is 0 Å². The molecular weight excluding hydrogens is 207 g/mol. The van der Waals surface area contributed by atoms with E-state index in [9.17, 15) is 0 Å². The van der Waals surface area contributed by atoms with E-state index in [4.69, 9.17) is 11.2 Å². The molecule has 0 aromatic heterocycles. The minimum absolute atomic E-state index is 0.0618. The van der Waals surface area contributed by atoms with Gasteiger partial charge in [0.05, 0.1) is 0 Å². The van der Waals surface area contributed by atoms with Crippen LogP contribution < -0.4 is 0 Å². The Bertz CT molecular complexity index is 138. The van der Waals surface area contributed by atoms with Crippen molar-refractivity contribution in [3.05, 3.63) is 0 Å². The van der Waals surface area contributed by atoms with Gasteiger partial charge in [-0.2, -0.15) is 0 Å². The molecule has 0 aromatic rings. The molecule has 0 aromatic carbocycles. The molecule has 0 spiro atoms. The molecule has 66 valence electrons. The summed E-state index contributed by atoms with van der Waals surface area (Å²) < 4.78 is 16.2. The van der Waals surface area contributed by atoms with Gasteiger partial charge in [0.1, 0.15) is 0 Å². The molecule has 1 fully saturated rings. The molecule has 1 aliphatic heterocycles. The van der Waals surface area contributed by atoms with Crippen molar-refractivity contribution in [2.75, 3.05) is 7.11 Å². The molecule has 1 rings (SSSR count). The SMILES string of the molecule is CO[As]1O[C@H](C)CC(C)(C)O1. The third kappa shape index (κ3) is 2.75. The third-order valence-corrected chi connectivity index (χ3v) is 4.61. The van der Waals surface area contributed by atoms with Gasteiger partial charge in [0.2, 0.25) is 0 Å². The normalized spacial score (nSPS) is 37.1. The van der Waals surface area contributed by atoms with E-state index in [1.165, 1.54) is 0 Å². The summed E-state index contributed by atoms with van der Waals surface area (Å²) in [6.07, 6.45) is 1.22. The Morgan fingerprint density at radius 2 is 2.18 bits per heavy atom. The van der Waals surface area contributed by atoms with Crippen molar-refractivity contribution < 1.29 is 11.2 Å². The molecule has 11 heavy (non-hydrogen) atoms. The van der Waals surface area contributed by atoms with Crippen molar-refractivity contribution in [1.82, 2.24) is 0 Å². The van der Waals surface area contributed by atoms with Gasteiger partial charge in [-0.25, -0.2) is 0 Å². The third-order valence-electron chi connectivity index (χ3n) is 1.52. The molecule has 1 aliphatic rings. The molecule has 0 N–H and O–H groups in total. The van der Waals surface area contributed by atoms with Crippen LogP contribution in [0, 0.1) is 0 Å². The molecule has 0 amide bonds. The van der Waals surface area contributed by atoms with Gasteiger partial charge in [-0.15, -0.1) is 0 Å². The zero-order chi connectivity index (χ0) is 8.48. The van der Waals surface area contributed by atoms with E-state index in [1.807, 2.05) is 0 Å². The maximum atomic E-state index is 5.59. The van der Waals surface area contributed by atoms with E-state index in [0.29, 0.717) is 0 Å². The molecule has 4 heteroatoms. The van der Waals surface area contributed by atoms with Crippen LogP contribution in [0.3, 0.4) is 0 Å². The van der Waals surface area contributed by atoms with Gasteiger partial charge >= 0.3 is 72.9 Å². The molecule has 0 bridgehead atoms. The quantitative estimate of drug-likeness (QED) is 0.624. The van der Waals surface area contributed by atoms with Gasteiger partial charge in [0.15, 0.2) is 0 Å². The summed E-state index contributed by atoms with van der Waals surface area (Å²) in [5, 5.41) is 0. The fraction of sp³-hybridized carbons (Fsp3) is 1.00. The van der Waals surface area contributed by atoms with Crippen LogP contribution in [0.2, 0.25) is 0 Å². The van der Waals surface area contributed by atoms with E-state index >= 15 is 0 Å². The molecule has 1 heterocycles. The predicted octanol–water partition coefficient (Wildman–Crippen LogP) is 1.22. The van der Waals surface area contributed by atoms with E-state index in [2.05, 4.69) is 20.8 Å². The fourth-order valence-electron chi connectivity index (χ4n) is 1.22. The monoisotopic (exact) mass is 222 g/mol. The first-order valence-electron chi connectivity index (χ1n) is 3.73. The Labute approximate surface area is 73.3 Å². The second-order valence-electron chi connectivity index (χ2n) is 3.38. The fourth-order valence-corrected chi connectivity index (χ4v) is 3.42. The Morgan fingerprint density at radius 3 is 2.64 bits per heavy atom. The van der Waals surface area contributed by atoms with Crippen molar-refractivity contribution in [3.8, 4) is 0 Å². The molecule has 0 saturated carbocycles. The molecule has 1 unspecified atom stereocenters. The van der Waals surface area contributed by atoms with E-state index in [0.717, 1.165) is 6.42 Å². The van der Waals surface area contributed by atoms with Crippen LogP contribution in [0.15, 0.2) is 0 Å². The second-order valence-corrected chi connectivity index (χ2v) is 5.91. The Morgan fingerprint density at radius 1 is 1.55 bits per heavy atom. The Hall–Kier alpha value is 0.438. The van der Waals surface area contributed by atoms with E-state index < -0.39 is 15.7 Å². The van der Waals surface area contributed by atoms with Crippen LogP contribution in [0.5, 0.6) is 0 Å². The van der Waals surface area contributed by atoms with Gasteiger partial charge in [0.25, 0.3) is 0 Å². The standard InChI is InChI=1S/C7H15AsO3/c1-6-5-7(2,3)11-8(9-4)10-6/h6H,5H2,1-4H3/t6-,8?/m1/s1. The minimum atomic E-state index is -1.85. The van der Waals surface area contributed by atoms with Crippen LogP contribution in [-0.4, -0.2) is 34.5 Å². The zero-order valence-corrected chi connectivity index (χ0v) is 9.33. The van der Waals surface area contributed by atoms with Crippen molar-refractivity contribution in [1.29, 1.82) is 0 Å². The average molecular weight is 222 g/mol. The van der Waals surface area contributed by atoms with Gasteiger partial charge in [0, 0.05) is 0 Å². The first-order chi connectivity index (χ1) is 5.03. The van der Waals surface area contributed by atoms with Gasteiger partial charge in [-0.1, -0.05) is 0 Å². The van der Waals surface area contributed by atoms with Crippen LogP contribution in [-0.2, 0) is 11.2 Å². The number of hydrogen-bond donors (Lipinski definition) is 0. The van der Waals surface area contributed by atoms with Crippen LogP contribution in [0.25, 0.3) is 0 Å². The molecule has 0 aliphatic carbocycles. The first kappa shape index (κ1) is 9.53. The summed E-state index contributed by atoms with van der Waals surface area (Å²) in [7, 11) is 1.65. The summed E-state index contributed by atoms with van der Waals surface area (Å²) in [6.45, 7) is 6.21. The summed E-state index contributed by atoms with van der Waals surface area (Å²) >= 11 is -1.85. The van der Waals surface area contributed by atoms with E-state index in [1.54, 1.807) is 7.11 Å². The summed E-state index contributed by atoms with van der Waals surface area (Å²) in [5.74, 6) is 0. The Kier molecular flexibility index (Phi) is 2.98. The predicted molar refractivity (Wildman–Crippen MR) is 43.1 cm³/mol. The van der Waals surface area contributed by atoms with Gasteiger partial charge < -0.3 is 0 Å². The number of rotatable bonds is 1. The topological polar surface area (TPSA) is 27.7 Å². The van der Waals surface area contributed by atoms with Crippen molar-refractivity contribution in [3.63, 3.8) is 0 Å². The van der Waals surface area contributed by atoms with Crippen LogP contribution in [0.4, 0.5) is 0 Å². The van der Waals surface area contributed by atoms with E-state index in [-0.39, 0.29) is 11.7 Å². The molecular formula is C7H15AsO3. The number of hydrogen-bond acceptors (Lipinski definition) is 3. The summed E-state index contributed by atoms with van der Waals surface area (Å²) in [4.78, 5) is 0. The average Bonchev–Trinajstić information content (AvgIpc) is 1.83. The van der Waals surface area contributed by atoms with Crippen molar-refractivity contribution in [2.45, 2.75) is 38.9 Å². The van der Waals surface area contributed by atoms with Gasteiger partial charge in [-0.05, 0) is 0 Å².